The number of nitrogens with zero attached hydrogens (tertiary/aromatic N) is 2. The van der Waals surface area contributed by atoms with Crippen molar-refractivity contribution in [2.45, 2.75) is 40.0 Å². The quantitative estimate of drug-likeness (QED) is 0.608. The number of rotatable bonds is 7. The maximum Gasteiger partial charge on any atom is 0.369 e. The summed E-state index contributed by atoms with van der Waals surface area (Å²) in [4.78, 5) is 21.1. The molecule has 0 bridgehead atoms. The van der Waals surface area contributed by atoms with E-state index in [1.165, 1.54) is 6.92 Å². The second-order valence-electron chi connectivity index (χ2n) is 4.62. The summed E-state index contributed by atoms with van der Waals surface area (Å²) in [6.45, 7) is 5.97. The van der Waals surface area contributed by atoms with Crippen LogP contribution in [0.4, 0.5) is 17.1 Å². The summed E-state index contributed by atoms with van der Waals surface area (Å²) in [5, 5.41) is 25.4. The molecule has 0 saturated heterocycles. The van der Waals surface area contributed by atoms with Crippen LogP contribution in [0.3, 0.4) is 0 Å². The van der Waals surface area contributed by atoms with E-state index in [2.05, 4.69) is 5.32 Å². The van der Waals surface area contributed by atoms with Gasteiger partial charge < -0.3 is 5.32 Å². The number of nitro groups is 2. The van der Waals surface area contributed by atoms with Crippen molar-refractivity contribution in [3.05, 3.63) is 37.4 Å². The lowest BCUT2D eigenvalue weighted by Gasteiger charge is -2.13. The Morgan fingerprint density at radius 3 is 2.15 bits per heavy atom. The van der Waals surface area contributed by atoms with E-state index < -0.39 is 21.2 Å². The zero-order valence-electron chi connectivity index (χ0n) is 11.9. The Bertz CT molecular complexity index is 529. The number of hydrogen-bond donors (Lipinski definition) is 1. The number of benzene rings is 1. The Balaban J connectivity index is 3.57. The molecule has 0 aromatic heterocycles. The number of anilines is 1. The SMILES string of the molecule is CCCNc1c(CCC)cc(C)c([N+](=O)[O-])c1[N+](=O)[O-]. The van der Waals surface area contributed by atoms with Gasteiger partial charge in [-0.2, -0.15) is 0 Å². The van der Waals surface area contributed by atoms with Crippen molar-refractivity contribution in [3.63, 3.8) is 0 Å². The van der Waals surface area contributed by atoms with Gasteiger partial charge in [0.05, 0.1) is 9.85 Å². The third-order valence-electron chi connectivity index (χ3n) is 2.98. The highest BCUT2D eigenvalue weighted by Crippen LogP contribution is 2.40. The molecule has 0 saturated carbocycles. The number of nitrogens with one attached hydrogen (secondary N) is 1. The first kappa shape index (κ1) is 15.9. The average Bonchev–Trinajstić information content (AvgIpc) is 2.36. The van der Waals surface area contributed by atoms with Crippen LogP contribution in [-0.4, -0.2) is 16.4 Å². The molecular formula is C13H19N3O4. The van der Waals surface area contributed by atoms with Crippen LogP contribution < -0.4 is 5.32 Å². The average molecular weight is 281 g/mol. The lowest BCUT2D eigenvalue weighted by molar-refractivity contribution is -0.422. The molecule has 0 fully saturated rings. The van der Waals surface area contributed by atoms with E-state index >= 15 is 0 Å². The fourth-order valence-electron chi connectivity index (χ4n) is 2.18. The first-order chi connectivity index (χ1) is 9.43. The third kappa shape index (κ3) is 3.23. The van der Waals surface area contributed by atoms with E-state index in [0.717, 1.165) is 18.4 Å². The van der Waals surface area contributed by atoms with E-state index in [-0.39, 0.29) is 5.69 Å². The monoisotopic (exact) mass is 281 g/mol. The van der Waals surface area contributed by atoms with Crippen molar-refractivity contribution in [1.29, 1.82) is 0 Å². The second-order valence-corrected chi connectivity index (χ2v) is 4.62. The smallest absolute Gasteiger partial charge is 0.369 e. The Morgan fingerprint density at radius 2 is 1.70 bits per heavy atom. The molecular weight excluding hydrogens is 262 g/mol. The second kappa shape index (κ2) is 6.83. The van der Waals surface area contributed by atoms with Crippen LogP contribution in [0.25, 0.3) is 0 Å². The topological polar surface area (TPSA) is 98.3 Å². The van der Waals surface area contributed by atoms with Crippen LogP contribution in [0.5, 0.6) is 0 Å². The molecule has 7 heteroatoms. The van der Waals surface area contributed by atoms with Crippen molar-refractivity contribution in [2.24, 2.45) is 0 Å². The van der Waals surface area contributed by atoms with Gasteiger partial charge in [0.2, 0.25) is 0 Å². The summed E-state index contributed by atoms with van der Waals surface area (Å²) in [6, 6.07) is 1.67. The van der Waals surface area contributed by atoms with Crippen LogP contribution in [0, 0.1) is 27.2 Å². The van der Waals surface area contributed by atoms with Crippen molar-refractivity contribution in [2.75, 3.05) is 11.9 Å². The molecule has 20 heavy (non-hydrogen) atoms. The third-order valence-corrected chi connectivity index (χ3v) is 2.98. The lowest BCUT2D eigenvalue weighted by Crippen LogP contribution is -2.09. The molecule has 0 unspecified atom stereocenters. The summed E-state index contributed by atoms with van der Waals surface area (Å²) < 4.78 is 0. The standard InChI is InChI=1S/C13H19N3O4/c1-4-6-10-8-9(3)12(15(17)18)13(16(19)20)11(10)14-7-5-2/h8,14H,4-7H2,1-3H3. The minimum atomic E-state index is -0.680. The molecule has 0 amide bonds. The van der Waals surface area contributed by atoms with Gasteiger partial charge in [0.25, 0.3) is 0 Å². The van der Waals surface area contributed by atoms with Crippen molar-refractivity contribution in [1.82, 2.24) is 0 Å². The van der Waals surface area contributed by atoms with Crippen LogP contribution in [0.1, 0.15) is 37.8 Å². The molecule has 0 heterocycles. The first-order valence-corrected chi connectivity index (χ1v) is 6.63. The summed E-state index contributed by atoms with van der Waals surface area (Å²) in [7, 11) is 0. The molecule has 1 rings (SSSR count). The summed E-state index contributed by atoms with van der Waals surface area (Å²) in [5.41, 5.74) is 0.527. The molecule has 0 aliphatic rings. The van der Waals surface area contributed by atoms with Gasteiger partial charge in [-0.15, -0.1) is 0 Å². The van der Waals surface area contributed by atoms with Gasteiger partial charge in [0.15, 0.2) is 0 Å². The van der Waals surface area contributed by atoms with Crippen LogP contribution >= 0.6 is 0 Å². The molecule has 0 aliphatic heterocycles. The van der Waals surface area contributed by atoms with Crippen LogP contribution in [0.2, 0.25) is 0 Å². The van der Waals surface area contributed by atoms with Gasteiger partial charge in [0.1, 0.15) is 5.69 Å². The molecule has 110 valence electrons. The van der Waals surface area contributed by atoms with Gasteiger partial charge in [0, 0.05) is 12.1 Å². The van der Waals surface area contributed by atoms with E-state index in [4.69, 9.17) is 0 Å². The zero-order valence-corrected chi connectivity index (χ0v) is 11.9. The lowest BCUT2D eigenvalue weighted by atomic mass is 10.0. The maximum atomic E-state index is 11.3. The molecule has 0 aliphatic carbocycles. The van der Waals surface area contributed by atoms with Crippen molar-refractivity contribution in [3.8, 4) is 0 Å². The molecule has 1 aromatic carbocycles. The van der Waals surface area contributed by atoms with Gasteiger partial charge in [-0.3, -0.25) is 20.2 Å². The van der Waals surface area contributed by atoms with Gasteiger partial charge in [-0.1, -0.05) is 20.3 Å². The highest BCUT2D eigenvalue weighted by atomic mass is 16.6. The Hall–Kier alpha value is -2.18. The van der Waals surface area contributed by atoms with Crippen molar-refractivity contribution < 1.29 is 9.85 Å². The number of hydrogen-bond acceptors (Lipinski definition) is 5. The highest BCUT2D eigenvalue weighted by Gasteiger charge is 2.33. The summed E-state index contributed by atoms with van der Waals surface area (Å²) in [5.74, 6) is 0. The van der Waals surface area contributed by atoms with E-state index in [1.807, 2.05) is 13.8 Å². The maximum absolute atomic E-state index is 11.3. The predicted octanol–water partition coefficient (Wildman–Crippen LogP) is 3.59. The molecule has 1 N–H and O–H groups in total. The molecule has 1 aromatic rings. The van der Waals surface area contributed by atoms with Crippen molar-refractivity contribution >= 4 is 17.1 Å². The normalized spacial score (nSPS) is 10.3. The predicted molar refractivity (Wildman–Crippen MR) is 77.3 cm³/mol. The van der Waals surface area contributed by atoms with E-state index in [0.29, 0.717) is 18.5 Å². The molecule has 0 spiro atoms. The fraction of sp³-hybridized carbons (Fsp3) is 0.538. The minimum absolute atomic E-state index is 0.288. The van der Waals surface area contributed by atoms with Crippen LogP contribution in [0.15, 0.2) is 6.07 Å². The van der Waals surface area contributed by atoms with E-state index in [1.54, 1.807) is 6.07 Å². The number of nitro benzene ring substituents is 2. The fourth-order valence-corrected chi connectivity index (χ4v) is 2.18. The van der Waals surface area contributed by atoms with Crippen LogP contribution in [-0.2, 0) is 6.42 Å². The Labute approximate surface area is 117 Å². The zero-order chi connectivity index (χ0) is 15.3. The van der Waals surface area contributed by atoms with E-state index in [9.17, 15) is 20.2 Å². The number of aryl methyl sites for hydroxylation is 2. The summed E-state index contributed by atoms with van der Waals surface area (Å²) >= 11 is 0. The highest BCUT2D eigenvalue weighted by molar-refractivity contribution is 5.77. The molecule has 0 radical (unpaired) electrons. The first-order valence-electron chi connectivity index (χ1n) is 6.63. The largest absolute Gasteiger partial charge is 0.379 e. The minimum Gasteiger partial charge on any atom is -0.379 e. The summed E-state index contributed by atoms with van der Waals surface area (Å²) in [6.07, 6.45) is 2.24. The van der Waals surface area contributed by atoms with Gasteiger partial charge in [-0.25, -0.2) is 0 Å². The Morgan fingerprint density at radius 1 is 1.10 bits per heavy atom. The Kier molecular flexibility index (Phi) is 5.42. The van der Waals surface area contributed by atoms with Gasteiger partial charge in [-0.05, 0) is 31.4 Å². The van der Waals surface area contributed by atoms with Gasteiger partial charge >= 0.3 is 11.4 Å². The molecule has 7 nitrogen and oxygen atoms in total. The molecule has 0 atom stereocenters.